The first-order valence-corrected chi connectivity index (χ1v) is 11.7. The fourth-order valence-electron chi connectivity index (χ4n) is 3.76. The van der Waals surface area contributed by atoms with Crippen LogP contribution in [0.5, 0.6) is 0 Å². The van der Waals surface area contributed by atoms with Crippen molar-refractivity contribution < 1.29 is 14.0 Å². The van der Waals surface area contributed by atoms with Crippen molar-refractivity contribution in [1.29, 1.82) is 0 Å². The summed E-state index contributed by atoms with van der Waals surface area (Å²) in [5, 5.41) is 6.53. The number of nitrogens with one attached hydrogen (secondary N) is 2. The van der Waals surface area contributed by atoms with Gasteiger partial charge < -0.3 is 10.6 Å². The Kier molecular flexibility index (Phi) is 7.21. The minimum absolute atomic E-state index is 0.0262. The first-order valence-electron chi connectivity index (χ1n) is 10.7. The van der Waals surface area contributed by atoms with E-state index < -0.39 is 0 Å². The molecule has 166 valence electrons. The number of amides is 2. The fourth-order valence-corrected chi connectivity index (χ4v) is 4.54. The number of carbonyl (C=O) groups is 2. The highest BCUT2D eigenvalue weighted by Crippen LogP contribution is 2.22. The van der Waals surface area contributed by atoms with Gasteiger partial charge in [0.15, 0.2) is 5.16 Å². The molecule has 1 fully saturated rings. The smallest absolute Gasteiger partial charge is 0.251 e. The second kappa shape index (κ2) is 10.5. The second-order valence-corrected chi connectivity index (χ2v) is 8.68. The summed E-state index contributed by atoms with van der Waals surface area (Å²) >= 11 is 1.38. The molecule has 6 nitrogen and oxygen atoms in total. The van der Waals surface area contributed by atoms with Crippen molar-refractivity contribution in [3.63, 3.8) is 0 Å². The molecule has 8 heteroatoms. The third kappa shape index (κ3) is 5.56. The van der Waals surface area contributed by atoms with Crippen LogP contribution in [0.1, 0.15) is 41.6 Å². The molecule has 4 rings (SSSR count). The Morgan fingerprint density at radius 3 is 2.59 bits per heavy atom. The van der Waals surface area contributed by atoms with Gasteiger partial charge in [0, 0.05) is 41.8 Å². The Balaban J connectivity index is 1.34. The summed E-state index contributed by atoms with van der Waals surface area (Å²) < 4.78 is 15.6. The van der Waals surface area contributed by atoms with Gasteiger partial charge in [-0.1, -0.05) is 42.8 Å². The third-order valence-electron chi connectivity index (χ3n) is 5.46. The van der Waals surface area contributed by atoms with Crippen molar-refractivity contribution in [2.75, 3.05) is 5.75 Å². The zero-order valence-electron chi connectivity index (χ0n) is 17.6. The number of imidazole rings is 1. The van der Waals surface area contributed by atoms with Gasteiger partial charge in [0.05, 0.1) is 5.75 Å². The Hall–Kier alpha value is -3.13. The molecule has 1 aliphatic rings. The SMILES string of the molecule is O=C(CSc1nccn1-c1ccc(C(=O)NCc2ccccc2F)cc1)NC1CCCC1. The van der Waals surface area contributed by atoms with Crippen LogP contribution >= 0.6 is 11.8 Å². The Morgan fingerprint density at radius 2 is 1.84 bits per heavy atom. The number of aromatic nitrogens is 2. The molecule has 1 aliphatic carbocycles. The van der Waals surface area contributed by atoms with Crippen LogP contribution in [0.3, 0.4) is 0 Å². The van der Waals surface area contributed by atoms with Gasteiger partial charge in [0.1, 0.15) is 5.82 Å². The highest BCUT2D eigenvalue weighted by molar-refractivity contribution is 7.99. The number of hydrogen-bond acceptors (Lipinski definition) is 4. The van der Waals surface area contributed by atoms with Crippen LogP contribution in [0.25, 0.3) is 5.69 Å². The molecule has 3 aromatic rings. The van der Waals surface area contributed by atoms with Crippen LogP contribution in [0.2, 0.25) is 0 Å². The largest absolute Gasteiger partial charge is 0.353 e. The number of rotatable bonds is 8. The Morgan fingerprint density at radius 1 is 1.09 bits per heavy atom. The van der Waals surface area contributed by atoms with Crippen molar-refractivity contribution >= 4 is 23.6 Å². The van der Waals surface area contributed by atoms with Gasteiger partial charge in [0.25, 0.3) is 5.91 Å². The summed E-state index contributed by atoms with van der Waals surface area (Å²) in [4.78, 5) is 29.0. The summed E-state index contributed by atoms with van der Waals surface area (Å²) in [5.74, 6) is -0.281. The third-order valence-corrected chi connectivity index (χ3v) is 6.43. The van der Waals surface area contributed by atoms with Gasteiger partial charge in [-0.2, -0.15) is 0 Å². The Labute approximate surface area is 190 Å². The van der Waals surface area contributed by atoms with Crippen LogP contribution in [0, 0.1) is 5.82 Å². The lowest BCUT2D eigenvalue weighted by molar-refractivity contribution is -0.119. The van der Waals surface area contributed by atoms with Crippen LogP contribution in [-0.2, 0) is 11.3 Å². The van der Waals surface area contributed by atoms with Crippen molar-refractivity contribution in [2.24, 2.45) is 0 Å². The molecule has 1 heterocycles. The number of halogens is 1. The predicted octanol–water partition coefficient (Wildman–Crippen LogP) is 4.09. The molecule has 0 spiro atoms. The lowest BCUT2D eigenvalue weighted by Crippen LogP contribution is -2.33. The molecule has 0 saturated heterocycles. The van der Waals surface area contributed by atoms with E-state index in [1.807, 2.05) is 22.9 Å². The average molecular weight is 453 g/mol. The summed E-state index contributed by atoms with van der Waals surface area (Å²) in [6.07, 6.45) is 7.99. The molecule has 2 aromatic carbocycles. The lowest BCUT2D eigenvalue weighted by Gasteiger charge is -2.12. The van der Waals surface area contributed by atoms with Gasteiger partial charge in [-0.15, -0.1) is 0 Å². The van der Waals surface area contributed by atoms with Gasteiger partial charge in [-0.3, -0.25) is 14.2 Å². The van der Waals surface area contributed by atoms with Crippen LogP contribution in [0.4, 0.5) is 4.39 Å². The molecule has 2 N–H and O–H groups in total. The lowest BCUT2D eigenvalue weighted by atomic mass is 10.1. The molecule has 0 radical (unpaired) electrons. The molecule has 0 aliphatic heterocycles. The highest BCUT2D eigenvalue weighted by Gasteiger charge is 2.18. The standard InChI is InChI=1S/C24H25FN4O2S/c25-21-8-4-1-5-18(21)15-27-23(31)17-9-11-20(12-10-17)29-14-13-26-24(29)32-16-22(30)28-19-6-2-3-7-19/h1,4-5,8-14,19H,2-3,6-7,15-16H2,(H,27,31)(H,28,30). The average Bonchev–Trinajstić information content (AvgIpc) is 3.49. The van der Waals surface area contributed by atoms with E-state index in [0.29, 0.717) is 28.1 Å². The molecule has 2 amide bonds. The summed E-state index contributed by atoms with van der Waals surface area (Å²) in [7, 11) is 0. The quantitative estimate of drug-likeness (QED) is 0.505. The summed E-state index contributed by atoms with van der Waals surface area (Å²) in [6.45, 7) is 0.124. The highest BCUT2D eigenvalue weighted by atomic mass is 32.2. The van der Waals surface area contributed by atoms with E-state index in [0.717, 1.165) is 18.5 Å². The van der Waals surface area contributed by atoms with Gasteiger partial charge in [-0.25, -0.2) is 9.37 Å². The number of benzene rings is 2. The van der Waals surface area contributed by atoms with Crippen molar-refractivity contribution in [2.45, 2.75) is 43.4 Å². The molecule has 0 atom stereocenters. The zero-order valence-corrected chi connectivity index (χ0v) is 18.4. The molecule has 1 aromatic heterocycles. The Bertz CT molecular complexity index is 1080. The van der Waals surface area contributed by atoms with Crippen LogP contribution in [-0.4, -0.2) is 33.2 Å². The minimum Gasteiger partial charge on any atom is -0.353 e. The monoisotopic (exact) mass is 452 g/mol. The van der Waals surface area contributed by atoms with Gasteiger partial charge in [0.2, 0.25) is 5.91 Å². The number of carbonyl (C=O) groups excluding carboxylic acids is 2. The summed E-state index contributed by atoms with van der Waals surface area (Å²) in [6, 6.07) is 13.7. The van der Waals surface area contributed by atoms with Gasteiger partial charge in [-0.05, 0) is 43.2 Å². The van der Waals surface area contributed by atoms with E-state index in [1.165, 1.54) is 30.7 Å². The molecule has 0 unspecified atom stereocenters. The minimum atomic E-state index is -0.342. The van der Waals surface area contributed by atoms with E-state index in [2.05, 4.69) is 15.6 Å². The van der Waals surface area contributed by atoms with E-state index in [9.17, 15) is 14.0 Å². The zero-order chi connectivity index (χ0) is 22.3. The van der Waals surface area contributed by atoms with Crippen molar-refractivity contribution in [3.8, 4) is 5.69 Å². The normalized spacial score (nSPS) is 13.8. The van der Waals surface area contributed by atoms with Gasteiger partial charge >= 0.3 is 0 Å². The fraction of sp³-hybridized carbons (Fsp3) is 0.292. The number of hydrogen-bond donors (Lipinski definition) is 2. The second-order valence-electron chi connectivity index (χ2n) is 7.74. The molecular weight excluding hydrogens is 427 g/mol. The first kappa shape index (κ1) is 22.1. The maximum atomic E-state index is 13.7. The van der Waals surface area contributed by atoms with E-state index in [1.54, 1.807) is 36.5 Å². The topological polar surface area (TPSA) is 76.0 Å². The maximum Gasteiger partial charge on any atom is 0.251 e. The molecular formula is C24H25FN4O2S. The predicted molar refractivity (Wildman–Crippen MR) is 122 cm³/mol. The first-order chi connectivity index (χ1) is 15.6. The molecule has 32 heavy (non-hydrogen) atoms. The molecule has 0 bridgehead atoms. The number of nitrogens with zero attached hydrogens (tertiary/aromatic N) is 2. The van der Waals surface area contributed by atoms with Crippen LogP contribution < -0.4 is 10.6 Å². The van der Waals surface area contributed by atoms with Crippen molar-refractivity contribution in [1.82, 2.24) is 20.2 Å². The van der Waals surface area contributed by atoms with E-state index in [-0.39, 0.29) is 24.2 Å². The molecule has 1 saturated carbocycles. The summed E-state index contributed by atoms with van der Waals surface area (Å²) in [5.41, 5.74) is 1.76. The van der Waals surface area contributed by atoms with Crippen LogP contribution in [0.15, 0.2) is 66.1 Å². The maximum absolute atomic E-state index is 13.7. The van der Waals surface area contributed by atoms with E-state index >= 15 is 0 Å². The number of thioether (sulfide) groups is 1. The van der Waals surface area contributed by atoms with Crippen molar-refractivity contribution in [3.05, 3.63) is 77.9 Å². The van der Waals surface area contributed by atoms with E-state index in [4.69, 9.17) is 0 Å².